The Labute approximate surface area is 88.7 Å². The first kappa shape index (κ1) is 12.0. The third-order valence-electron chi connectivity index (χ3n) is 1.76. The third-order valence-corrected chi connectivity index (χ3v) is 1.76. The lowest BCUT2D eigenvalue weighted by molar-refractivity contribution is -0.197. The fourth-order valence-corrected chi connectivity index (χ4v) is 1.10. The molecule has 16 heavy (non-hydrogen) atoms. The molecule has 88 valence electrons. The maximum absolute atomic E-state index is 11.1. The predicted molar refractivity (Wildman–Crippen MR) is 44.3 cm³/mol. The van der Waals surface area contributed by atoms with Crippen molar-refractivity contribution in [3.8, 4) is 0 Å². The number of carboxylic acid groups (broad SMARTS) is 2. The van der Waals surface area contributed by atoms with Crippen LogP contribution < -0.4 is 0 Å². The number of hydrogen-bond donors (Lipinski definition) is 2. The van der Waals surface area contributed by atoms with Gasteiger partial charge in [0.2, 0.25) is 12.2 Å². The van der Waals surface area contributed by atoms with E-state index in [0.29, 0.717) is 0 Å². The molecule has 8 nitrogen and oxygen atoms in total. The Balaban J connectivity index is 2.63. The number of esters is 2. The van der Waals surface area contributed by atoms with E-state index in [2.05, 4.69) is 9.47 Å². The van der Waals surface area contributed by atoms with Crippen LogP contribution in [0.3, 0.4) is 0 Å². The lowest BCUT2D eigenvalue weighted by Crippen LogP contribution is -2.45. The molecule has 1 saturated heterocycles. The van der Waals surface area contributed by atoms with Gasteiger partial charge in [-0.1, -0.05) is 0 Å². The van der Waals surface area contributed by atoms with Crippen molar-refractivity contribution in [2.45, 2.75) is 25.0 Å². The second-order valence-corrected chi connectivity index (χ2v) is 3.05. The summed E-state index contributed by atoms with van der Waals surface area (Å²) in [5.74, 6) is -4.75. The summed E-state index contributed by atoms with van der Waals surface area (Å²) in [6, 6.07) is 0. The molecule has 0 aromatic carbocycles. The van der Waals surface area contributed by atoms with Crippen LogP contribution in [0.25, 0.3) is 0 Å². The Kier molecular flexibility index (Phi) is 3.44. The van der Waals surface area contributed by atoms with Crippen molar-refractivity contribution in [3.63, 3.8) is 0 Å². The number of rotatable bonds is 4. The van der Waals surface area contributed by atoms with E-state index < -0.39 is 48.9 Å². The third kappa shape index (κ3) is 2.94. The van der Waals surface area contributed by atoms with Crippen LogP contribution in [0, 0.1) is 0 Å². The number of cyclic esters (lactones) is 2. The van der Waals surface area contributed by atoms with Gasteiger partial charge in [-0.25, -0.2) is 9.59 Å². The van der Waals surface area contributed by atoms with Crippen molar-refractivity contribution in [2.75, 3.05) is 0 Å². The van der Waals surface area contributed by atoms with Gasteiger partial charge >= 0.3 is 23.9 Å². The summed E-state index contributed by atoms with van der Waals surface area (Å²) >= 11 is 0. The normalized spacial score (nSPS) is 24.5. The fraction of sp³-hybridized carbons (Fsp3) is 0.500. The van der Waals surface area contributed by atoms with Crippen LogP contribution in [0.5, 0.6) is 0 Å². The Hall–Kier alpha value is -2.12. The number of ether oxygens (including phenoxy) is 2. The molecule has 0 saturated carbocycles. The molecular formula is C8H8O8. The molecule has 1 rings (SSSR count). The monoisotopic (exact) mass is 232 g/mol. The predicted octanol–water partition coefficient (Wildman–Crippen LogP) is -1.23. The standard InChI is InChI=1S/C8H8O8/c9-5(10)1-3-7(13)16-4(2-6(11)12)8(14)15-3/h3-4H,1-2H2,(H,9,10)(H,11,12)/t3-,4-/m0/s1. The summed E-state index contributed by atoms with van der Waals surface area (Å²) in [7, 11) is 0. The number of hydrogen-bond acceptors (Lipinski definition) is 6. The highest BCUT2D eigenvalue weighted by molar-refractivity contribution is 5.91. The summed E-state index contributed by atoms with van der Waals surface area (Å²) in [5, 5.41) is 16.8. The molecular weight excluding hydrogens is 224 g/mol. The Morgan fingerprint density at radius 2 is 1.25 bits per heavy atom. The number of aliphatic carboxylic acids is 2. The minimum absolute atomic E-state index is 0.704. The molecule has 0 aromatic rings. The number of carbonyl (C=O) groups excluding carboxylic acids is 2. The van der Waals surface area contributed by atoms with Crippen LogP contribution in [0.15, 0.2) is 0 Å². The lowest BCUT2D eigenvalue weighted by Gasteiger charge is -2.25. The van der Waals surface area contributed by atoms with E-state index in [4.69, 9.17) is 10.2 Å². The quantitative estimate of drug-likeness (QED) is 0.577. The first-order valence-electron chi connectivity index (χ1n) is 4.24. The molecule has 0 amide bonds. The summed E-state index contributed by atoms with van der Waals surface area (Å²) in [6.07, 6.45) is -4.42. The molecule has 0 aliphatic carbocycles. The molecule has 1 fully saturated rings. The minimum atomic E-state index is -1.50. The van der Waals surface area contributed by atoms with Gasteiger partial charge in [-0.3, -0.25) is 9.59 Å². The molecule has 0 radical (unpaired) electrons. The zero-order valence-corrected chi connectivity index (χ0v) is 7.91. The Morgan fingerprint density at radius 1 is 0.938 bits per heavy atom. The largest absolute Gasteiger partial charge is 0.481 e. The van der Waals surface area contributed by atoms with Crippen LogP contribution >= 0.6 is 0 Å². The maximum Gasteiger partial charge on any atom is 0.348 e. The van der Waals surface area contributed by atoms with Crippen molar-refractivity contribution < 1.29 is 38.9 Å². The van der Waals surface area contributed by atoms with Crippen molar-refractivity contribution in [2.24, 2.45) is 0 Å². The molecule has 1 aliphatic rings. The highest BCUT2D eigenvalue weighted by atomic mass is 16.6. The second-order valence-electron chi connectivity index (χ2n) is 3.05. The number of carbonyl (C=O) groups is 4. The zero-order valence-electron chi connectivity index (χ0n) is 7.91. The van der Waals surface area contributed by atoms with Crippen LogP contribution in [-0.2, 0) is 28.7 Å². The Bertz CT molecular complexity index is 312. The average molecular weight is 232 g/mol. The lowest BCUT2D eigenvalue weighted by atomic mass is 10.2. The molecule has 0 unspecified atom stereocenters. The van der Waals surface area contributed by atoms with Gasteiger partial charge in [0.25, 0.3) is 0 Å². The first-order chi connectivity index (χ1) is 7.40. The average Bonchev–Trinajstić information content (AvgIpc) is 2.11. The fourth-order valence-electron chi connectivity index (χ4n) is 1.10. The SMILES string of the molecule is O=C(O)C[C@@H]1OC(=O)[C@H](CC(=O)O)OC1=O. The van der Waals surface area contributed by atoms with Gasteiger partial charge in [-0.05, 0) is 0 Å². The highest BCUT2D eigenvalue weighted by Crippen LogP contribution is 2.15. The van der Waals surface area contributed by atoms with Crippen LogP contribution in [0.2, 0.25) is 0 Å². The van der Waals surface area contributed by atoms with E-state index in [0.717, 1.165) is 0 Å². The van der Waals surface area contributed by atoms with Crippen LogP contribution in [0.4, 0.5) is 0 Å². The number of carboxylic acids is 2. The molecule has 2 N–H and O–H groups in total. The molecule has 8 heteroatoms. The van der Waals surface area contributed by atoms with Gasteiger partial charge in [0.15, 0.2) is 0 Å². The van der Waals surface area contributed by atoms with E-state index >= 15 is 0 Å². The van der Waals surface area contributed by atoms with Crippen molar-refractivity contribution in [1.29, 1.82) is 0 Å². The van der Waals surface area contributed by atoms with Gasteiger partial charge < -0.3 is 19.7 Å². The molecule has 2 atom stereocenters. The maximum atomic E-state index is 11.1. The molecule has 0 spiro atoms. The molecule has 0 bridgehead atoms. The van der Waals surface area contributed by atoms with Crippen LogP contribution in [0.1, 0.15) is 12.8 Å². The summed E-state index contributed by atoms with van der Waals surface area (Å²) in [5.41, 5.74) is 0. The summed E-state index contributed by atoms with van der Waals surface area (Å²) in [4.78, 5) is 42.8. The Morgan fingerprint density at radius 3 is 1.50 bits per heavy atom. The van der Waals surface area contributed by atoms with Crippen molar-refractivity contribution >= 4 is 23.9 Å². The van der Waals surface area contributed by atoms with Crippen LogP contribution in [-0.4, -0.2) is 46.3 Å². The van der Waals surface area contributed by atoms with Gasteiger partial charge in [0.05, 0.1) is 12.8 Å². The summed E-state index contributed by atoms with van der Waals surface area (Å²) < 4.78 is 8.93. The van der Waals surface area contributed by atoms with E-state index in [1.165, 1.54) is 0 Å². The molecule has 0 aromatic heterocycles. The molecule has 1 aliphatic heterocycles. The topological polar surface area (TPSA) is 127 Å². The highest BCUT2D eigenvalue weighted by Gasteiger charge is 2.40. The molecule has 1 heterocycles. The van der Waals surface area contributed by atoms with E-state index in [9.17, 15) is 19.2 Å². The smallest absolute Gasteiger partial charge is 0.348 e. The van der Waals surface area contributed by atoms with Gasteiger partial charge in [0, 0.05) is 0 Å². The van der Waals surface area contributed by atoms with Crippen molar-refractivity contribution in [1.82, 2.24) is 0 Å². The van der Waals surface area contributed by atoms with Gasteiger partial charge in [-0.2, -0.15) is 0 Å². The first-order valence-corrected chi connectivity index (χ1v) is 4.24. The second kappa shape index (κ2) is 4.60. The zero-order chi connectivity index (χ0) is 12.3. The van der Waals surface area contributed by atoms with E-state index in [1.54, 1.807) is 0 Å². The van der Waals surface area contributed by atoms with E-state index in [1.807, 2.05) is 0 Å². The summed E-state index contributed by atoms with van der Waals surface area (Å²) in [6.45, 7) is 0. The minimum Gasteiger partial charge on any atom is -0.481 e. The van der Waals surface area contributed by atoms with Crippen molar-refractivity contribution in [3.05, 3.63) is 0 Å². The van der Waals surface area contributed by atoms with Gasteiger partial charge in [-0.15, -0.1) is 0 Å². The van der Waals surface area contributed by atoms with E-state index in [-0.39, 0.29) is 0 Å². The van der Waals surface area contributed by atoms with Gasteiger partial charge in [0.1, 0.15) is 0 Å².